The molecule has 0 amide bonds. The molecule has 1 aromatic heterocycles. The third-order valence-corrected chi connectivity index (χ3v) is 2.99. The van der Waals surface area contributed by atoms with E-state index in [2.05, 4.69) is 20.9 Å². The fourth-order valence-corrected chi connectivity index (χ4v) is 1.90. The second-order valence-electron chi connectivity index (χ2n) is 3.78. The van der Waals surface area contributed by atoms with Crippen LogP contribution in [0.2, 0.25) is 0 Å². The SMILES string of the molecule is O=C(O)c1ccc(Oc2c(Br)cncc2[N+](=O)[O-])cc1F. The van der Waals surface area contributed by atoms with Crippen LogP contribution in [0.15, 0.2) is 35.1 Å². The maximum atomic E-state index is 13.5. The number of carbonyl (C=O) groups is 1. The highest BCUT2D eigenvalue weighted by molar-refractivity contribution is 9.10. The fourth-order valence-electron chi connectivity index (χ4n) is 1.49. The van der Waals surface area contributed by atoms with E-state index in [1.807, 2.05) is 0 Å². The first-order valence-corrected chi connectivity index (χ1v) is 6.18. The van der Waals surface area contributed by atoms with Gasteiger partial charge in [-0.15, -0.1) is 0 Å². The van der Waals surface area contributed by atoms with E-state index < -0.39 is 28.0 Å². The molecule has 9 heteroatoms. The molecular formula is C12H6BrFN2O5. The summed E-state index contributed by atoms with van der Waals surface area (Å²) in [5.74, 6) is -2.66. The zero-order valence-electron chi connectivity index (χ0n) is 10.1. The highest BCUT2D eigenvalue weighted by Gasteiger charge is 2.20. The van der Waals surface area contributed by atoms with E-state index in [9.17, 15) is 19.3 Å². The van der Waals surface area contributed by atoms with Crippen molar-refractivity contribution in [3.05, 3.63) is 56.6 Å². The van der Waals surface area contributed by atoms with E-state index >= 15 is 0 Å². The van der Waals surface area contributed by atoms with Crippen LogP contribution in [0.3, 0.4) is 0 Å². The van der Waals surface area contributed by atoms with Crippen LogP contribution >= 0.6 is 15.9 Å². The quantitative estimate of drug-likeness (QED) is 0.665. The van der Waals surface area contributed by atoms with Crippen LogP contribution < -0.4 is 4.74 Å². The Morgan fingerprint density at radius 2 is 2.14 bits per heavy atom. The number of ether oxygens (including phenoxy) is 1. The van der Waals surface area contributed by atoms with Crippen molar-refractivity contribution >= 4 is 27.6 Å². The Kier molecular flexibility index (Phi) is 4.13. The van der Waals surface area contributed by atoms with Crippen LogP contribution in [0, 0.1) is 15.9 Å². The number of aromatic carboxylic acids is 1. The van der Waals surface area contributed by atoms with Gasteiger partial charge in [0.05, 0.1) is 15.0 Å². The molecule has 7 nitrogen and oxygen atoms in total. The average Bonchev–Trinajstić information content (AvgIpc) is 2.40. The number of hydrogen-bond acceptors (Lipinski definition) is 5. The predicted molar refractivity (Wildman–Crippen MR) is 72.0 cm³/mol. The summed E-state index contributed by atoms with van der Waals surface area (Å²) in [6.07, 6.45) is 2.27. The van der Waals surface area contributed by atoms with E-state index in [1.54, 1.807) is 0 Å². The third-order valence-electron chi connectivity index (χ3n) is 2.42. The number of halogens is 2. The van der Waals surface area contributed by atoms with Crippen molar-refractivity contribution in [1.82, 2.24) is 4.98 Å². The van der Waals surface area contributed by atoms with Crippen molar-refractivity contribution in [2.24, 2.45) is 0 Å². The van der Waals surface area contributed by atoms with Gasteiger partial charge in [0.25, 0.3) is 0 Å². The summed E-state index contributed by atoms with van der Waals surface area (Å²) in [6.45, 7) is 0. The number of carboxylic acid groups (broad SMARTS) is 1. The largest absolute Gasteiger partial charge is 0.478 e. The highest BCUT2D eigenvalue weighted by atomic mass is 79.9. The molecule has 0 aliphatic carbocycles. The van der Waals surface area contributed by atoms with Gasteiger partial charge in [-0.25, -0.2) is 9.18 Å². The molecule has 2 rings (SSSR count). The minimum absolute atomic E-state index is 0.0764. The lowest BCUT2D eigenvalue weighted by atomic mass is 10.2. The van der Waals surface area contributed by atoms with Crippen LogP contribution in [-0.4, -0.2) is 21.0 Å². The number of pyridine rings is 1. The Hall–Kier alpha value is -2.55. The van der Waals surface area contributed by atoms with Crippen LogP contribution in [0.1, 0.15) is 10.4 Å². The van der Waals surface area contributed by atoms with E-state index in [4.69, 9.17) is 9.84 Å². The molecule has 1 aromatic carbocycles. The molecule has 0 radical (unpaired) electrons. The molecule has 0 unspecified atom stereocenters. The molecule has 0 atom stereocenters. The van der Waals surface area contributed by atoms with Crippen molar-refractivity contribution in [1.29, 1.82) is 0 Å². The Bertz CT molecular complexity index is 738. The van der Waals surface area contributed by atoms with Gasteiger partial charge in [0.15, 0.2) is 0 Å². The van der Waals surface area contributed by atoms with Gasteiger partial charge in [-0.1, -0.05) is 0 Å². The second-order valence-corrected chi connectivity index (χ2v) is 4.63. The lowest BCUT2D eigenvalue weighted by molar-refractivity contribution is -0.386. The number of nitro groups is 1. The number of benzene rings is 1. The number of carboxylic acids is 1. The van der Waals surface area contributed by atoms with Crippen molar-refractivity contribution in [3.63, 3.8) is 0 Å². The van der Waals surface area contributed by atoms with Crippen molar-refractivity contribution in [2.45, 2.75) is 0 Å². The van der Waals surface area contributed by atoms with Crippen LogP contribution in [0.5, 0.6) is 11.5 Å². The molecule has 2 aromatic rings. The normalized spacial score (nSPS) is 10.2. The standard InChI is InChI=1S/C12H6BrFN2O5/c13-8-4-15-5-10(16(19)20)11(8)21-6-1-2-7(12(17)18)9(14)3-6/h1-5H,(H,17,18). The molecule has 0 saturated carbocycles. The highest BCUT2D eigenvalue weighted by Crippen LogP contribution is 2.37. The first kappa shape index (κ1) is 14.9. The number of hydrogen-bond donors (Lipinski definition) is 1. The Morgan fingerprint density at radius 1 is 1.43 bits per heavy atom. The summed E-state index contributed by atoms with van der Waals surface area (Å²) in [7, 11) is 0. The molecule has 0 fully saturated rings. The molecule has 21 heavy (non-hydrogen) atoms. The molecule has 0 saturated heterocycles. The fraction of sp³-hybridized carbons (Fsp3) is 0. The van der Waals surface area contributed by atoms with E-state index in [-0.39, 0.29) is 16.0 Å². The van der Waals surface area contributed by atoms with Gasteiger partial charge in [-0.05, 0) is 28.1 Å². The molecule has 1 heterocycles. The second kappa shape index (κ2) is 5.83. The summed E-state index contributed by atoms with van der Waals surface area (Å²) in [5.41, 5.74) is -0.933. The zero-order chi connectivity index (χ0) is 15.6. The summed E-state index contributed by atoms with van der Waals surface area (Å²) in [4.78, 5) is 24.5. The van der Waals surface area contributed by atoms with E-state index in [0.717, 1.165) is 18.3 Å². The summed E-state index contributed by atoms with van der Waals surface area (Å²) >= 11 is 3.05. The van der Waals surface area contributed by atoms with Gasteiger partial charge < -0.3 is 9.84 Å². The van der Waals surface area contributed by atoms with Gasteiger partial charge >= 0.3 is 11.7 Å². The van der Waals surface area contributed by atoms with Crippen molar-refractivity contribution < 1.29 is 24.0 Å². The summed E-state index contributed by atoms with van der Waals surface area (Å²) in [5, 5.41) is 19.6. The number of aromatic nitrogens is 1. The van der Waals surface area contributed by atoms with Crippen molar-refractivity contribution in [2.75, 3.05) is 0 Å². The van der Waals surface area contributed by atoms with Gasteiger partial charge in [0.1, 0.15) is 17.8 Å². The monoisotopic (exact) mass is 356 g/mol. The molecule has 0 spiro atoms. The van der Waals surface area contributed by atoms with Gasteiger partial charge in [0, 0.05) is 12.3 Å². The van der Waals surface area contributed by atoms with Gasteiger partial charge in [-0.2, -0.15) is 0 Å². The predicted octanol–water partition coefficient (Wildman–Crippen LogP) is 3.38. The molecule has 1 N–H and O–H groups in total. The maximum Gasteiger partial charge on any atom is 0.338 e. The lowest BCUT2D eigenvalue weighted by Gasteiger charge is -2.08. The summed E-state index contributed by atoms with van der Waals surface area (Å²) in [6, 6.07) is 3.04. The summed E-state index contributed by atoms with van der Waals surface area (Å²) < 4.78 is 19.0. The zero-order valence-corrected chi connectivity index (χ0v) is 11.7. The first-order valence-electron chi connectivity index (χ1n) is 5.38. The topological polar surface area (TPSA) is 103 Å². The minimum atomic E-state index is -1.42. The van der Waals surface area contributed by atoms with E-state index in [0.29, 0.717) is 0 Å². The third kappa shape index (κ3) is 3.14. The Labute approximate surface area is 125 Å². The van der Waals surface area contributed by atoms with Crippen LogP contribution in [-0.2, 0) is 0 Å². The Balaban J connectivity index is 2.41. The number of nitrogens with zero attached hydrogens (tertiary/aromatic N) is 2. The van der Waals surface area contributed by atoms with Crippen LogP contribution in [0.4, 0.5) is 10.1 Å². The molecule has 0 aliphatic rings. The number of rotatable bonds is 4. The smallest absolute Gasteiger partial charge is 0.338 e. The van der Waals surface area contributed by atoms with Crippen molar-refractivity contribution in [3.8, 4) is 11.5 Å². The molecular weight excluding hydrogens is 351 g/mol. The van der Waals surface area contributed by atoms with Gasteiger partial charge in [-0.3, -0.25) is 15.1 Å². The maximum absolute atomic E-state index is 13.5. The minimum Gasteiger partial charge on any atom is -0.478 e. The lowest BCUT2D eigenvalue weighted by Crippen LogP contribution is -2.01. The van der Waals surface area contributed by atoms with Crippen LogP contribution in [0.25, 0.3) is 0 Å². The molecule has 108 valence electrons. The Morgan fingerprint density at radius 3 is 2.71 bits per heavy atom. The average molecular weight is 357 g/mol. The molecule has 0 aliphatic heterocycles. The van der Waals surface area contributed by atoms with E-state index in [1.165, 1.54) is 12.3 Å². The first-order chi connectivity index (χ1) is 9.90. The molecule has 0 bridgehead atoms. The van der Waals surface area contributed by atoms with Gasteiger partial charge in [0.2, 0.25) is 5.75 Å².